The summed E-state index contributed by atoms with van der Waals surface area (Å²) in [6.45, 7) is 2.86. The molecule has 4 atom stereocenters. The highest BCUT2D eigenvalue weighted by atomic mass is 16.4. The average Bonchev–Trinajstić information content (AvgIpc) is 2.32. The Labute approximate surface area is 93.4 Å². The van der Waals surface area contributed by atoms with Crippen LogP contribution < -0.4 is 0 Å². The van der Waals surface area contributed by atoms with Crippen LogP contribution in [0.5, 0.6) is 0 Å². The van der Waals surface area contributed by atoms with Crippen molar-refractivity contribution >= 4 is 0 Å². The summed E-state index contributed by atoms with van der Waals surface area (Å²) in [5.41, 5.74) is 0. The van der Waals surface area contributed by atoms with E-state index >= 15 is 0 Å². The van der Waals surface area contributed by atoms with E-state index in [1.807, 2.05) is 0 Å². The fraction of sp³-hybridized carbons (Fsp3) is 0.600. The predicted octanol–water partition coefficient (Wildman–Crippen LogP) is -0.646. The third-order valence-electron chi connectivity index (χ3n) is 2.19. The van der Waals surface area contributed by atoms with E-state index in [1.165, 1.54) is 13.8 Å². The SMILES string of the molecule is CC=C(O)[C@@H](O)[C@@H](O)[C@H](O)[C@@H](O)C(O)=CC. The van der Waals surface area contributed by atoms with Gasteiger partial charge in [-0.3, -0.25) is 0 Å². The molecule has 0 bridgehead atoms. The van der Waals surface area contributed by atoms with Crippen LogP contribution in [0.2, 0.25) is 0 Å². The van der Waals surface area contributed by atoms with Gasteiger partial charge in [0.2, 0.25) is 0 Å². The topological polar surface area (TPSA) is 121 Å². The zero-order valence-corrected chi connectivity index (χ0v) is 9.15. The number of hydrogen-bond acceptors (Lipinski definition) is 6. The molecule has 0 saturated heterocycles. The van der Waals surface area contributed by atoms with Gasteiger partial charge in [0.1, 0.15) is 35.9 Å². The van der Waals surface area contributed by atoms with Gasteiger partial charge in [0.15, 0.2) is 0 Å². The second-order valence-electron chi connectivity index (χ2n) is 3.30. The van der Waals surface area contributed by atoms with E-state index in [1.54, 1.807) is 0 Å². The third-order valence-corrected chi connectivity index (χ3v) is 2.19. The molecule has 0 spiro atoms. The Morgan fingerprint density at radius 3 is 1.19 bits per heavy atom. The lowest BCUT2D eigenvalue weighted by molar-refractivity contribution is -0.100. The highest BCUT2D eigenvalue weighted by Gasteiger charge is 2.33. The molecule has 0 unspecified atom stereocenters. The second-order valence-corrected chi connectivity index (χ2v) is 3.30. The second kappa shape index (κ2) is 6.49. The van der Waals surface area contributed by atoms with E-state index in [2.05, 4.69) is 0 Å². The van der Waals surface area contributed by atoms with Crippen LogP contribution in [0.3, 0.4) is 0 Å². The number of allylic oxidation sites excluding steroid dienone is 2. The summed E-state index contributed by atoms with van der Waals surface area (Å²) < 4.78 is 0. The van der Waals surface area contributed by atoms with Crippen molar-refractivity contribution in [2.24, 2.45) is 0 Å². The van der Waals surface area contributed by atoms with E-state index in [4.69, 9.17) is 10.2 Å². The molecule has 6 heteroatoms. The molecule has 6 N–H and O–H groups in total. The lowest BCUT2D eigenvalue weighted by atomic mass is 10.0. The fourth-order valence-electron chi connectivity index (χ4n) is 1.06. The van der Waals surface area contributed by atoms with Crippen LogP contribution in [0.15, 0.2) is 23.7 Å². The van der Waals surface area contributed by atoms with Crippen molar-refractivity contribution in [1.29, 1.82) is 0 Å². The third kappa shape index (κ3) is 3.49. The van der Waals surface area contributed by atoms with Crippen molar-refractivity contribution in [2.75, 3.05) is 0 Å². The summed E-state index contributed by atoms with van der Waals surface area (Å²) in [5, 5.41) is 55.7. The van der Waals surface area contributed by atoms with Gasteiger partial charge in [0, 0.05) is 0 Å². The minimum absolute atomic E-state index is 0.529. The van der Waals surface area contributed by atoms with Gasteiger partial charge in [-0.05, 0) is 26.0 Å². The molecule has 0 aromatic carbocycles. The molecule has 6 nitrogen and oxygen atoms in total. The molecule has 16 heavy (non-hydrogen) atoms. The summed E-state index contributed by atoms with van der Waals surface area (Å²) in [7, 11) is 0. The average molecular weight is 234 g/mol. The van der Waals surface area contributed by atoms with E-state index in [-0.39, 0.29) is 0 Å². The Hall–Kier alpha value is -1.08. The number of aliphatic hydroxyl groups excluding tert-OH is 6. The van der Waals surface area contributed by atoms with E-state index in [9.17, 15) is 20.4 Å². The zero-order chi connectivity index (χ0) is 12.9. The van der Waals surface area contributed by atoms with Crippen LogP contribution in [0.4, 0.5) is 0 Å². The van der Waals surface area contributed by atoms with Gasteiger partial charge in [-0.2, -0.15) is 0 Å². The Morgan fingerprint density at radius 1 is 0.750 bits per heavy atom. The van der Waals surface area contributed by atoms with Gasteiger partial charge in [0.25, 0.3) is 0 Å². The molecule has 0 aromatic heterocycles. The van der Waals surface area contributed by atoms with E-state index in [0.717, 1.165) is 12.2 Å². The monoisotopic (exact) mass is 234 g/mol. The molecule has 0 aromatic rings. The normalized spacial score (nSPS) is 21.4. The first-order valence-corrected chi connectivity index (χ1v) is 4.79. The van der Waals surface area contributed by atoms with Crippen LogP contribution >= 0.6 is 0 Å². The highest BCUT2D eigenvalue weighted by molar-refractivity contribution is 5.06. The lowest BCUT2D eigenvalue weighted by Crippen LogP contribution is -2.45. The van der Waals surface area contributed by atoms with Crippen LogP contribution in [-0.2, 0) is 0 Å². The van der Waals surface area contributed by atoms with Crippen molar-refractivity contribution in [1.82, 2.24) is 0 Å². The van der Waals surface area contributed by atoms with Crippen molar-refractivity contribution in [3.63, 3.8) is 0 Å². The van der Waals surface area contributed by atoms with Crippen LogP contribution in [0, 0.1) is 0 Å². The molecule has 0 fully saturated rings. The molecule has 0 rings (SSSR count). The standard InChI is InChI=1S/C10H18O6/c1-3-5(11)7(13)9(15)10(16)8(14)6(12)4-2/h3-4,7-16H,1-2H3/t7-,8+,9-,10-/m1/s1. The summed E-state index contributed by atoms with van der Waals surface area (Å²) in [6.07, 6.45) is -4.79. The summed E-state index contributed by atoms with van der Waals surface area (Å²) in [5.74, 6) is -1.06. The van der Waals surface area contributed by atoms with Crippen molar-refractivity contribution < 1.29 is 30.6 Å². The quantitative estimate of drug-likeness (QED) is 0.352. The van der Waals surface area contributed by atoms with Gasteiger partial charge in [-0.25, -0.2) is 0 Å². The molecule has 94 valence electrons. The molecule has 0 heterocycles. The molecule has 0 aliphatic heterocycles. The molecule has 0 aliphatic rings. The van der Waals surface area contributed by atoms with Gasteiger partial charge in [-0.1, -0.05) is 0 Å². The minimum atomic E-state index is -1.81. The Bertz CT molecular complexity index is 244. The van der Waals surface area contributed by atoms with E-state index in [0.29, 0.717) is 0 Å². The molecule has 0 radical (unpaired) electrons. The van der Waals surface area contributed by atoms with E-state index < -0.39 is 35.9 Å². The van der Waals surface area contributed by atoms with Crippen molar-refractivity contribution in [2.45, 2.75) is 38.3 Å². The molecular formula is C10H18O6. The fourth-order valence-corrected chi connectivity index (χ4v) is 1.06. The van der Waals surface area contributed by atoms with Crippen LogP contribution in [-0.4, -0.2) is 55.1 Å². The van der Waals surface area contributed by atoms with Crippen molar-refractivity contribution in [3.05, 3.63) is 23.7 Å². The molecular weight excluding hydrogens is 216 g/mol. The summed E-state index contributed by atoms with van der Waals surface area (Å²) >= 11 is 0. The first kappa shape index (κ1) is 14.9. The summed E-state index contributed by atoms with van der Waals surface area (Å²) in [4.78, 5) is 0. The molecule has 0 saturated carbocycles. The summed E-state index contributed by atoms with van der Waals surface area (Å²) in [6, 6.07) is 0. The van der Waals surface area contributed by atoms with Gasteiger partial charge >= 0.3 is 0 Å². The first-order valence-electron chi connectivity index (χ1n) is 4.79. The minimum Gasteiger partial charge on any atom is -0.510 e. The highest BCUT2D eigenvalue weighted by Crippen LogP contribution is 2.13. The van der Waals surface area contributed by atoms with Gasteiger partial charge < -0.3 is 30.6 Å². The maximum absolute atomic E-state index is 9.40. The Kier molecular flexibility index (Phi) is 6.05. The van der Waals surface area contributed by atoms with Gasteiger partial charge in [0.05, 0.1) is 0 Å². The smallest absolute Gasteiger partial charge is 0.139 e. The number of rotatable bonds is 5. The molecule has 0 amide bonds. The predicted molar refractivity (Wildman–Crippen MR) is 56.8 cm³/mol. The first-order chi connectivity index (χ1) is 7.36. The van der Waals surface area contributed by atoms with Gasteiger partial charge in [-0.15, -0.1) is 0 Å². The lowest BCUT2D eigenvalue weighted by Gasteiger charge is -2.25. The Morgan fingerprint density at radius 2 is 1.00 bits per heavy atom. The maximum atomic E-state index is 9.40. The maximum Gasteiger partial charge on any atom is 0.139 e. The van der Waals surface area contributed by atoms with Crippen molar-refractivity contribution in [3.8, 4) is 0 Å². The molecule has 0 aliphatic carbocycles. The largest absolute Gasteiger partial charge is 0.510 e. The Balaban J connectivity index is 4.67. The van der Waals surface area contributed by atoms with Crippen LogP contribution in [0.25, 0.3) is 0 Å². The number of aliphatic hydroxyl groups is 6. The number of hydrogen-bond donors (Lipinski definition) is 6. The van der Waals surface area contributed by atoms with Crippen LogP contribution in [0.1, 0.15) is 13.8 Å². The zero-order valence-electron chi connectivity index (χ0n) is 9.15.